The van der Waals surface area contributed by atoms with Crippen molar-refractivity contribution in [1.29, 1.82) is 0 Å². The fourth-order valence-electron chi connectivity index (χ4n) is 3.23. The van der Waals surface area contributed by atoms with Crippen molar-refractivity contribution in [3.05, 3.63) is 58.5 Å². The maximum absolute atomic E-state index is 13.3. The van der Waals surface area contributed by atoms with Gasteiger partial charge in [-0.2, -0.15) is 0 Å². The normalized spacial score (nSPS) is 17.4. The van der Waals surface area contributed by atoms with Gasteiger partial charge >= 0.3 is 0 Å². The van der Waals surface area contributed by atoms with Crippen LogP contribution in [0.15, 0.2) is 36.5 Å². The van der Waals surface area contributed by atoms with E-state index in [9.17, 15) is 9.18 Å². The molecule has 1 aromatic heterocycles. The molecule has 1 unspecified atom stereocenters. The smallest absolute Gasteiger partial charge is 0.254 e. The van der Waals surface area contributed by atoms with Crippen LogP contribution in [0.25, 0.3) is 0 Å². The van der Waals surface area contributed by atoms with Crippen molar-refractivity contribution in [2.75, 3.05) is 32.1 Å². The Morgan fingerprint density at radius 2 is 2.12 bits per heavy atom. The number of anilines is 1. The maximum atomic E-state index is 13.3. The number of hydrogen-bond acceptors (Lipinski definition) is 3. The Morgan fingerprint density at radius 1 is 1.32 bits per heavy atom. The summed E-state index contributed by atoms with van der Waals surface area (Å²) >= 11 is 6.21. The predicted molar refractivity (Wildman–Crippen MR) is 97.9 cm³/mol. The Morgan fingerprint density at radius 3 is 2.84 bits per heavy atom. The molecule has 0 spiro atoms. The number of piperidine rings is 1. The summed E-state index contributed by atoms with van der Waals surface area (Å²) in [5, 5.41) is 0.429. The Kier molecular flexibility index (Phi) is 5.23. The van der Waals surface area contributed by atoms with Crippen molar-refractivity contribution >= 4 is 23.3 Å². The Bertz CT molecular complexity index is 781. The number of nitrogens with zero attached hydrogens (tertiary/aromatic N) is 3. The lowest BCUT2D eigenvalue weighted by Crippen LogP contribution is -2.39. The van der Waals surface area contributed by atoms with Crippen LogP contribution >= 0.6 is 11.6 Å². The number of rotatable bonds is 3. The van der Waals surface area contributed by atoms with Gasteiger partial charge in [0.05, 0.1) is 0 Å². The molecule has 1 amide bonds. The van der Waals surface area contributed by atoms with Gasteiger partial charge in [0.25, 0.3) is 5.91 Å². The van der Waals surface area contributed by atoms with Gasteiger partial charge in [0.1, 0.15) is 11.6 Å². The number of halogens is 2. The van der Waals surface area contributed by atoms with Crippen molar-refractivity contribution in [2.45, 2.75) is 18.8 Å². The second kappa shape index (κ2) is 7.40. The highest BCUT2D eigenvalue weighted by Gasteiger charge is 2.27. The van der Waals surface area contributed by atoms with E-state index in [2.05, 4.69) is 4.98 Å². The van der Waals surface area contributed by atoms with Crippen molar-refractivity contribution in [3.63, 3.8) is 0 Å². The van der Waals surface area contributed by atoms with Crippen LogP contribution in [-0.4, -0.2) is 43.0 Å². The molecule has 1 atom stereocenters. The Balaban J connectivity index is 1.79. The number of benzene rings is 1. The van der Waals surface area contributed by atoms with Crippen molar-refractivity contribution in [1.82, 2.24) is 9.88 Å². The summed E-state index contributed by atoms with van der Waals surface area (Å²) in [6.45, 7) is 1.30. The molecule has 3 rings (SSSR count). The number of carbonyl (C=O) groups excluding carboxylic acids is 1. The summed E-state index contributed by atoms with van der Waals surface area (Å²) in [6, 6.07) is 8.03. The molecule has 1 fully saturated rings. The third-order valence-electron chi connectivity index (χ3n) is 4.56. The van der Waals surface area contributed by atoms with Crippen LogP contribution in [0, 0.1) is 5.82 Å². The summed E-state index contributed by atoms with van der Waals surface area (Å²) in [5.74, 6) is 0.529. The van der Waals surface area contributed by atoms with E-state index < -0.39 is 0 Å². The largest absolute Gasteiger partial charge is 0.363 e. The first kappa shape index (κ1) is 17.7. The molecule has 132 valence electrons. The van der Waals surface area contributed by atoms with E-state index in [-0.39, 0.29) is 17.6 Å². The molecule has 25 heavy (non-hydrogen) atoms. The molecular formula is C19H21ClFN3O. The average molecular weight is 362 g/mol. The van der Waals surface area contributed by atoms with Gasteiger partial charge in [-0.15, -0.1) is 0 Å². The molecular weight excluding hydrogens is 341 g/mol. The minimum Gasteiger partial charge on any atom is -0.363 e. The lowest BCUT2D eigenvalue weighted by Gasteiger charge is -2.33. The van der Waals surface area contributed by atoms with Gasteiger partial charge in [-0.05, 0) is 42.7 Å². The molecule has 6 heteroatoms. The van der Waals surface area contributed by atoms with E-state index in [1.54, 1.807) is 24.4 Å². The van der Waals surface area contributed by atoms with E-state index in [0.717, 1.165) is 24.2 Å². The first-order valence-electron chi connectivity index (χ1n) is 8.33. The predicted octanol–water partition coefficient (Wildman–Crippen LogP) is 3.96. The number of carbonyl (C=O) groups is 1. The molecule has 0 saturated carbocycles. The number of likely N-dealkylation sites (tertiary alicyclic amines) is 1. The molecule has 0 radical (unpaired) electrons. The second-order valence-electron chi connectivity index (χ2n) is 6.55. The first-order valence-corrected chi connectivity index (χ1v) is 8.71. The zero-order chi connectivity index (χ0) is 18.0. The lowest BCUT2D eigenvalue weighted by atomic mass is 9.90. The van der Waals surface area contributed by atoms with Gasteiger partial charge in [0.15, 0.2) is 0 Å². The summed E-state index contributed by atoms with van der Waals surface area (Å²) < 4.78 is 13.3. The third kappa shape index (κ3) is 3.93. The fraction of sp³-hybridized carbons (Fsp3) is 0.368. The second-order valence-corrected chi connectivity index (χ2v) is 6.96. The molecule has 0 aliphatic carbocycles. The molecule has 1 aliphatic rings. The molecule has 4 nitrogen and oxygen atoms in total. The summed E-state index contributed by atoms with van der Waals surface area (Å²) in [4.78, 5) is 20.8. The van der Waals surface area contributed by atoms with E-state index in [0.29, 0.717) is 23.7 Å². The summed E-state index contributed by atoms with van der Waals surface area (Å²) in [7, 11) is 3.79. The molecule has 1 aliphatic heterocycles. The highest BCUT2D eigenvalue weighted by Crippen LogP contribution is 2.32. The van der Waals surface area contributed by atoms with Gasteiger partial charge in [-0.25, -0.2) is 9.37 Å². The van der Waals surface area contributed by atoms with Gasteiger partial charge in [0, 0.05) is 49.9 Å². The summed E-state index contributed by atoms with van der Waals surface area (Å²) in [6.07, 6.45) is 3.49. The molecule has 0 bridgehead atoms. The zero-order valence-electron chi connectivity index (χ0n) is 14.4. The van der Waals surface area contributed by atoms with E-state index >= 15 is 0 Å². The van der Waals surface area contributed by atoms with Crippen molar-refractivity contribution in [2.24, 2.45) is 0 Å². The van der Waals surface area contributed by atoms with Crippen LogP contribution in [0.5, 0.6) is 0 Å². The van der Waals surface area contributed by atoms with Crippen LogP contribution in [0.3, 0.4) is 0 Å². The SMILES string of the molecule is CN(C)c1cc(C(=O)N2CCCC(c3ccc(F)cc3Cl)C2)ccn1. The number of aromatic nitrogens is 1. The first-order chi connectivity index (χ1) is 12.0. The molecule has 1 saturated heterocycles. The minimum absolute atomic E-state index is 0.00608. The molecule has 0 N–H and O–H groups in total. The van der Waals surface area contributed by atoms with Crippen LogP contribution < -0.4 is 4.90 Å². The highest BCUT2D eigenvalue weighted by atomic mass is 35.5. The standard InChI is InChI=1S/C19H21ClFN3O/c1-23(2)18-10-13(7-8-22-18)19(25)24-9-3-4-14(12-24)16-6-5-15(21)11-17(16)20/h5-8,10-11,14H,3-4,9,12H2,1-2H3. The van der Waals surface area contributed by atoms with Crippen LogP contribution in [-0.2, 0) is 0 Å². The number of hydrogen-bond donors (Lipinski definition) is 0. The molecule has 2 heterocycles. The third-order valence-corrected chi connectivity index (χ3v) is 4.89. The Labute approximate surface area is 152 Å². The molecule has 1 aromatic carbocycles. The van der Waals surface area contributed by atoms with Gasteiger partial charge in [0.2, 0.25) is 0 Å². The van der Waals surface area contributed by atoms with E-state index in [1.165, 1.54) is 12.1 Å². The maximum Gasteiger partial charge on any atom is 0.254 e. The monoisotopic (exact) mass is 361 g/mol. The highest BCUT2D eigenvalue weighted by molar-refractivity contribution is 6.31. The van der Waals surface area contributed by atoms with Gasteiger partial charge < -0.3 is 9.80 Å². The number of pyridine rings is 1. The van der Waals surface area contributed by atoms with Crippen LogP contribution in [0.2, 0.25) is 5.02 Å². The zero-order valence-corrected chi connectivity index (χ0v) is 15.1. The van der Waals surface area contributed by atoms with Crippen LogP contribution in [0.4, 0.5) is 10.2 Å². The average Bonchev–Trinajstić information content (AvgIpc) is 2.61. The summed E-state index contributed by atoms with van der Waals surface area (Å²) in [5.41, 5.74) is 1.54. The lowest BCUT2D eigenvalue weighted by molar-refractivity contribution is 0.0707. The topological polar surface area (TPSA) is 36.4 Å². The Hall–Kier alpha value is -2.14. The van der Waals surface area contributed by atoms with Gasteiger partial charge in [-0.3, -0.25) is 4.79 Å². The van der Waals surface area contributed by atoms with E-state index in [1.807, 2.05) is 23.9 Å². The fourth-order valence-corrected chi connectivity index (χ4v) is 3.55. The van der Waals surface area contributed by atoms with E-state index in [4.69, 9.17) is 11.6 Å². The van der Waals surface area contributed by atoms with Crippen LogP contribution in [0.1, 0.15) is 34.7 Å². The minimum atomic E-state index is -0.342. The van der Waals surface area contributed by atoms with Crippen molar-refractivity contribution < 1.29 is 9.18 Å². The quantitative estimate of drug-likeness (QED) is 0.830. The molecule has 2 aromatic rings. The van der Waals surface area contributed by atoms with Crippen molar-refractivity contribution in [3.8, 4) is 0 Å². The van der Waals surface area contributed by atoms with Gasteiger partial charge in [-0.1, -0.05) is 17.7 Å². The number of amides is 1.